The second-order valence-corrected chi connectivity index (χ2v) is 9.12. The molecule has 0 bridgehead atoms. The van der Waals surface area contributed by atoms with Crippen LogP contribution < -0.4 is 20.1 Å². The first-order valence-corrected chi connectivity index (χ1v) is 12.0. The summed E-state index contributed by atoms with van der Waals surface area (Å²) >= 11 is 9.59. The second kappa shape index (κ2) is 12.0. The number of halogens is 2. The summed E-state index contributed by atoms with van der Waals surface area (Å²) in [5, 5.41) is 6.99. The lowest BCUT2D eigenvalue weighted by Gasteiger charge is -2.16. The maximum Gasteiger partial charge on any atom is 0.226 e. The number of amides is 1. The van der Waals surface area contributed by atoms with Crippen LogP contribution in [0.25, 0.3) is 0 Å². The van der Waals surface area contributed by atoms with Crippen LogP contribution in [0.15, 0.2) is 65.1 Å². The highest BCUT2D eigenvalue weighted by Crippen LogP contribution is 2.37. The Hall–Kier alpha value is -2.70. The molecule has 0 saturated carbocycles. The molecule has 1 amide bonds. The molecule has 0 spiro atoms. The van der Waals surface area contributed by atoms with Gasteiger partial charge >= 0.3 is 0 Å². The molecule has 174 valence electrons. The smallest absolute Gasteiger partial charge is 0.226 e. The van der Waals surface area contributed by atoms with Crippen LogP contribution in [0.2, 0.25) is 5.02 Å². The number of carbonyl (C=O) groups excluding carboxylic acids is 1. The minimum absolute atomic E-state index is 0.00221. The molecule has 0 heterocycles. The third kappa shape index (κ3) is 7.41. The van der Waals surface area contributed by atoms with E-state index in [1.54, 1.807) is 0 Å². The number of hydrogen-bond donors (Lipinski definition) is 2. The summed E-state index contributed by atoms with van der Waals surface area (Å²) in [5.74, 6) is 1.30. The lowest BCUT2D eigenvalue weighted by molar-refractivity contribution is -0.118. The predicted octanol–water partition coefficient (Wildman–Crippen LogP) is 7.29. The summed E-state index contributed by atoms with van der Waals surface area (Å²) in [4.78, 5) is 11.8. The number of rotatable bonds is 10. The molecule has 0 unspecified atom stereocenters. The zero-order valence-electron chi connectivity index (χ0n) is 19.0. The van der Waals surface area contributed by atoms with Gasteiger partial charge in [-0.2, -0.15) is 0 Å². The summed E-state index contributed by atoms with van der Waals surface area (Å²) in [6.45, 7) is 7.23. The van der Waals surface area contributed by atoms with Gasteiger partial charge in [0.15, 0.2) is 11.5 Å². The van der Waals surface area contributed by atoms with E-state index in [-0.39, 0.29) is 11.8 Å². The standard InChI is InChI=1S/C26H28BrClN2O3/c1-4-32-24-14-19(13-23(27)25(24)33-16-18-5-7-20(28)8-6-18)15-29-21-9-11-22(12-10-21)30-26(31)17(2)3/h5-14,17,29H,4,15-16H2,1-3H3,(H,30,31). The molecule has 0 aliphatic heterocycles. The molecule has 0 aliphatic rings. The molecular formula is C26H28BrClN2O3. The molecule has 5 nitrogen and oxygen atoms in total. The fraction of sp³-hybridized carbons (Fsp3) is 0.269. The molecule has 33 heavy (non-hydrogen) atoms. The van der Waals surface area contributed by atoms with Crippen molar-refractivity contribution in [3.63, 3.8) is 0 Å². The first kappa shape index (κ1) is 24.9. The number of carbonyl (C=O) groups is 1. The fourth-order valence-corrected chi connectivity index (χ4v) is 3.75. The van der Waals surface area contributed by atoms with Crippen molar-refractivity contribution in [3.8, 4) is 11.5 Å². The van der Waals surface area contributed by atoms with Crippen molar-refractivity contribution in [3.05, 3.63) is 81.3 Å². The Morgan fingerprint density at radius 2 is 1.64 bits per heavy atom. The monoisotopic (exact) mass is 530 g/mol. The normalized spacial score (nSPS) is 10.7. The van der Waals surface area contributed by atoms with Gasteiger partial charge in [0.05, 0.1) is 11.1 Å². The van der Waals surface area contributed by atoms with Crippen molar-refractivity contribution >= 4 is 44.8 Å². The van der Waals surface area contributed by atoms with E-state index < -0.39 is 0 Å². The van der Waals surface area contributed by atoms with Crippen LogP contribution in [0.5, 0.6) is 11.5 Å². The van der Waals surface area contributed by atoms with E-state index in [0.717, 1.165) is 27.0 Å². The summed E-state index contributed by atoms with van der Waals surface area (Å²) in [5.41, 5.74) is 3.80. The van der Waals surface area contributed by atoms with Crippen LogP contribution in [0, 0.1) is 5.92 Å². The number of benzene rings is 3. The minimum atomic E-state index is -0.0566. The maximum atomic E-state index is 11.8. The Kier molecular flexibility index (Phi) is 9.03. The van der Waals surface area contributed by atoms with E-state index in [2.05, 4.69) is 26.6 Å². The van der Waals surface area contributed by atoms with E-state index >= 15 is 0 Å². The summed E-state index contributed by atoms with van der Waals surface area (Å²) in [7, 11) is 0. The molecule has 0 fully saturated rings. The highest BCUT2D eigenvalue weighted by atomic mass is 79.9. The number of ether oxygens (including phenoxy) is 2. The zero-order valence-corrected chi connectivity index (χ0v) is 21.3. The van der Waals surface area contributed by atoms with Gasteiger partial charge in [-0.05, 0) is 82.5 Å². The fourth-order valence-electron chi connectivity index (χ4n) is 3.02. The van der Waals surface area contributed by atoms with Gasteiger partial charge < -0.3 is 20.1 Å². The zero-order chi connectivity index (χ0) is 23.8. The van der Waals surface area contributed by atoms with E-state index in [1.165, 1.54) is 0 Å². The molecule has 0 aliphatic carbocycles. The summed E-state index contributed by atoms with van der Waals surface area (Å²) < 4.78 is 12.7. The van der Waals surface area contributed by atoms with Crippen LogP contribution in [0.3, 0.4) is 0 Å². The van der Waals surface area contributed by atoms with Gasteiger partial charge in [0.25, 0.3) is 0 Å². The third-order valence-electron chi connectivity index (χ3n) is 4.84. The molecule has 2 N–H and O–H groups in total. The Balaban J connectivity index is 1.65. The average Bonchev–Trinajstić information content (AvgIpc) is 2.79. The van der Waals surface area contributed by atoms with Crippen molar-refractivity contribution in [2.45, 2.75) is 33.9 Å². The van der Waals surface area contributed by atoms with Crippen LogP contribution in [-0.2, 0) is 17.9 Å². The molecule has 3 aromatic carbocycles. The Morgan fingerprint density at radius 3 is 2.27 bits per heavy atom. The molecule has 0 saturated heterocycles. The molecule has 0 aromatic heterocycles. The van der Waals surface area contributed by atoms with Gasteiger partial charge in [-0.25, -0.2) is 0 Å². The van der Waals surface area contributed by atoms with E-state index in [9.17, 15) is 4.79 Å². The Morgan fingerprint density at radius 1 is 0.970 bits per heavy atom. The predicted molar refractivity (Wildman–Crippen MR) is 138 cm³/mol. The molecule has 0 atom stereocenters. The molecule has 3 rings (SSSR count). The quantitative estimate of drug-likeness (QED) is 0.288. The number of anilines is 2. The molecular weight excluding hydrogens is 504 g/mol. The Labute approximate surface area is 208 Å². The highest BCUT2D eigenvalue weighted by molar-refractivity contribution is 9.10. The first-order valence-electron chi connectivity index (χ1n) is 10.8. The van der Waals surface area contributed by atoms with E-state index in [0.29, 0.717) is 36.3 Å². The minimum Gasteiger partial charge on any atom is -0.490 e. The van der Waals surface area contributed by atoms with Crippen LogP contribution in [-0.4, -0.2) is 12.5 Å². The van der Waals surface area contributed by atoms with Gasteiger partial charge in [0.1, 0.15) is 6.61 Å². The lowest BCUT2D eigenvalue weighted by atomic mass is 10.1. The Bertz CT molecular complexity index is 1070. The largest absolute Gasteiger partial charge is 0.490 e. The van der Waals surface area contributed by atoms with Crippen LogP contribution in [0.1, 0.15) is 31.9 Å². The lowest BCUT2D eigenvalue weighted by Crippen LogP contribution is -2.17. The van der Waals surface area contributed by atoms with Crippen LogP contribution >= 0.6 is 27.5 Å². The van der Waals surface area contributed by atoms with Gasteiger partial charge in [0.2, 0.25) is 5.91 Å². The van der Waals surface area contributed by atoms with Gasteiger partial charge in [-0.3, -0.25) is 4.79 Å². The van der Waals surface area contributed by atoms with Crippen molar-refractivity contribution in [2.75, 3.05) is 17.2 Å². The first-order chi connectivity index (χ1) is 15.9. The number of nitrogens with one attached hydrogen (secondary N) is 2. The molecule has 0 radical (unpaired) electrons. The van der Waals surface area contributed by atoms with Crippen molar-refractivity contribution in [2.24, 2.45) is 5.92 Å². The SMILES string of the molecule is CCOc1cc(CNc2ccc(NC(=O)C(C)C)cc2)cc(Br)c1OCc1ccc(Cl)cc1. The second-order valence-electron chi connectivity index (χ2n) is 7.83. The van der Waals surface area contributed by atoms with Crippen molar-refractivity contribution in [1.82, 2.24) is 0 Å². The maximum absolute atomic E-state index is 11.8. The van der Waals surface area contributed by atoms with Crippen molar-refractivity contribution in [1.29, 1.82) is 0 Å². The molecule has 7 heteroatoms. The number of hydrogen-bond acceptors (Lipinski definition) is 4. The van der Waals surface area contributed by atoms with E-state index in [1.807, 2.05) is 81.4 Å². The van der Waals surface area contributed by atoms with Crippen molar-refractivity contribution < 1.29 is 14.3 Å². The third-order valence-corrected chi connectivity index (χ3v) is 5.68. The summed E-state index contributed by atoms with van der Waals surface area (Å²) in [6.07, 6.45) is 0. The van der Waals surface area contributed by atoms with Gasteiger partial charge in [-0.15, -0.1) is 0 Å². The van der Waals surface area contributed by atoms with Gasteiger partial charge in [0, 0.05) is 28.9 Å². The van der Waals surface area contributed by atoms with Crippen LogP contribution in [0.4, 0.5) is 11.4 Å². The van der Waals surface area contributed by atoms with Gasteiger partial charge in [-0.1, -0.05) is 37.6 Å². The average molecular weight is 532 g/mol. The van der Waals surface area contributed by atoms with E-state index in [4.69, 9.17) is 21.1 Å². The summed E-state index contributed by atoms with van der Waals surface area (Å²) in [6, 6.07) is 19.2. The highest BCUT2D eigenvalue weighted by Gasteiger charge is 2.13. The molecule has 3 aromatic rings. The topological polar surface area (TPSA) is 59.6 Å².